The molecule has 0 saturated heterocycles. The van der Waals surface area contributed by atoms with Gasteiger partial charge in [-0.15, -0.1) is 0 Å². The Labute approximate surface area is 121 Å². The summed E-state index contributed by atoms with van der Waals surface area (Å²) in [5.74, 6) is 0. The standard InChI is InChI=1S/C13H11Cl3N2/c1-7-11(15)13(12(16)8(2)17-7)18-10-5-3-4-9(14)6-10/h3-6H,1-2H3,(H,17,18). The quantitative estimate of drug-likeness (QED) is 0.803. The van der Waals surface area contributed by atoms with Gasteiger partial charge in [-0.05, 0) is 32.0 Å². The van der Waals surface area contributed by atoms with E-state index in [0.717, 1.165) is 17.1 Å². The van der Waals surface area contributed by atoms with Crippen molar-refractivity contribution in [3.63, 3.8) is 0 Å². The number of anilines is 2. The first-order valence-corrected chi connectivity index (χ1v) is 6.47. The van der Waals surface area contributed by atoms with Crippen LogP contribution in [0.4, 0.5) is 11.4 Å². The fraction of sp³-hybridized carbons (Fsp3) is 0.154. The maximum Gasteiger partial charge on any atom is 0.0868 e. The Hall–Kier alpha value is -0.960. The van der Waals surface area contributed by atoms with E-state index in [2.05, 4.69) is 10.3 Å². The third kappa shape index (κ3) is 2.72. The summed E-state index contributed by atoms with van der Waals surface area (Å²) in [4.78, 5) is 4.26. The van der Waals surface area contributed by atoms with E-state index in [1.165, 1.54) is 0 Å². The van der Waals surface area contributed by atoms with Crippen molar-refractivity contribution in [2.45, 2.75) is 13.8 Å². The van der Waals surface area contributed by atoms with Gasteiger partial charge in [-0.1, -0.05) is 40.9 Å². The lowest BCUT2D eigenvalue weighted by atomic mass is 10.2. The highest BCUT2D eigenvalue weighted by Gasteiger charge is 2.13. The van der Waals surface area contributed by atoms with Crippen LogP contribution in [0.2, 0.25) is 15.1 Å². The molecule has 0 fully saturated rings. The molecule has 0 amide bonds. The zero-order chi connectivity index (χ0) is 13.3. The van der Waals surface area contributed by atoms with Crippen molar-refractivity contribution in [1.82, 2.24) is 4.98 Å². The molecule has 18 heavy (non-hydrogen) atoms. The van der Waals surface area contributed by atoms with Gasteiger partial charge < -0.3 is 5.32 Å². The topological polar surface area (TPSA) is 24.9 Å². The third-order valence-electron chi connectivity index (χ3n) is 2.50. The Bertz CT molecular complexity index is 571. The number of hydrogen-bond donors (Lipinski definition) is 1. The van der Waals surface area contributed by atoms with Gasteiger partial charge in [0.1, 0.15) is 0 Å². The van der Waals surface area contributed by atoms with Crippen LogP contribution in [0.3, 0.4) is 0 Å². The minimum absolute atomic E-state index is 0.519. The molecule has 1 aromatic carbocycles. The lowest BCUT2D eigenvalue weighted by Crippen LogP contribution is -1.98. The molecule has 1 N–H and O–H groups in total. The van der Waals surface area contributed by atoms with Gasteiger partial charge in [-0.25, -0.2) is 0 Å². The van der Waals surface area contributed by atoms with Gasteiger partial charge >= 0.3 is 0 Å². The largest absolute Gasteiger partial charge is 0.353 e. The predicted octanol–water partition coefficient (Wildman–Crippen LogP) is 5.40. The van der Waals surface area contributed by atoms with Gasteiger partial charge in [0.05, 0.1) is 27.1 Å². The Balaban J connectivity index is 2.46. The molecule has 2 aromatic rings. The van der Waals surface area contributed by atoms with Crippen molar-refractivity contribution in [3.05, 3.63) is 50.7 Å². The van der Waals surface area contributed by atoms with Gasteiger partial charge in [0.2, 0.25) is 0 Å². The van der Waals surface area contributed by atoms with E-state index in [4.69, 9.17) is 34.8 Å². The summed E-state index contributed by atoms with van der Waals surface area (Å²) in [6, 6.07) is 7.36. The summed E-state index contributed by atoms with van der Waals surface area (Å²) in [5, 5.41) is 4.86. The number of nitrogens with one attached hydrogen (secondary N) is 1. The van der Waals surface area contributed by atoms with Crippen LogP contribution in [0, 0.1) is 13.8 Å². The number of pyridine rings is 1. The average molecular weight is 302 g/mol. The maximum absolute atomic E-state index is 6.22. The van der Waals surface area contributed by atoms with Crippen molar-refractivity contribution in [1.29, 1.82) is 0 Å². The van der Waals surface area contributed by atoms with Crippen molar-refractivity contribution >= 4 is 46.2 Å². The molecule has 0 aliphatic carbocycles. The molecule has 2 rings (SSSR count). The van der Waals surface area contributed by atoms with Gasteiger partial charge in [-0.3, -0.25) is 4.98 Å². The molecule has 1 aromatic heterocycles. The van der Waals surface area contributed by atoms with Crippen molar-refractivity contribution < 1.29 is 0 Å². The Kier molecular flexibility index (Phi) is 4.00. The van der Waals surface area contributed by atoms with E-state index in [1.54, 1.807) is 12.1 Å². The fourth-order valence-corrected chi connectivity index (χ4v) is 2.23. The zero-order valence-corrected chi connectivity index (χ0v) is 12.2. The molecule has 0 atom stereocenters. The number of aryl methyl sites for hydroxylation is 2. The van der Waals surface area contributed by atoms with E-state index >= 15 is 0 Å². The molecule has 2 nitrogen and oxygen atoms in total. The predicted molar refractivity (Wildman–Crippen MR) is 78.5 cm³/mol. The summed E-state index contributed by atoms with van der Waals surface area (Å²) >= 11 is 18.4. The summed E-state index contributed by atoms with van der Waals surface area (Å²) in [6.45, 7) is 3.68. The first kappa shape index (κ1) is 13.5. The first-order chi connectivity index (χ1) is 8.49. The number of rotatable bonds is 2. The molecule has 0 spiro atoms. The van der Waals surface area contributed by atoms with Crippen LogP contribution in [-0.2, 0) is 0 Å². The van der Waals surface area contributed by atoms with Crippen LogP contribution >= 0.6 is 34.8 Å². The molecule has 5 heteroatoms. The summed E-state index contributed by atoms with van der Waals surface area (Å²) in [7, 11) is 0. The minimum Gasteiger partial charge on any atom is -0.353 e. The van der Waals surface area contributed by atoms with Gasteiger partial charge in [0.25, 0.3) is 0 Å². The van der Waals surface area contributed by atoms with E-state index in [9.17, 15) is 0 Å². The van der Waals surface area contributed by atoms with Crippen molar-refractivity contribution in [2.24, 2.45) is 0 Å². The smallest absolute Gasteiger partial charge is 0.0868 e. The van der Waals surface area contributed by atoms with Crippen LogP contribution in [-0.4, -0.2) is 4.98 Å². The second-order valence-corrected chi connectivity index (χ2v) is 5.11. The van der Waals surface area contributed by atoms with Crippen LogP contribution in [0.25, 0.3) is 0 Å². The highest BCUT2D eigenvalue weighted by atomic mass is 35.5. The van der Waals surface area contributed by atoms with Crippen LogP contribution in [0.5, 0.6) is 0 Å². The van der Waals surface area contributed by atoms with Gasteiger partial charge in [0, 0.05) is 10.7 Å². The summed E-state index contributed by atoms with van der Waals surface area (Å²) in [5.41, 5.74) is 2.97. The Morgan fingerprint density at radius 3 is 2.17 bits per heavy atom. The molecule has 0 radical (unpaired) electrons. The second-order valence-electron chi connectivity index (χ2n) is 3.92. The number of aromatic nitrogens is 1. The molecular formula is C13H11Cl3N2. The average Bonchev–Trinajstić information content (AvgIpc) is 2.32. The SMILES string of the molecule is Cc1nc(C)c(Cl)c(Nc2cccc(Cl)c2)c1Cl. The highest BCUT2D eigenvalue weighted by Crippen LogP contribution is 2.36. The fourth-order valence-electron chi connectivity index (χ4n) is 1.63. The molecule has 1 heterocycles. The van der Waals surface area contributed by atoms with Crippen LogP contribution in [0.15, 0.2) is 24.3 Å². The van der Waals surface area contributed by atoms with Crippen LogP contribution in [0.1, 0.15) is 11.4 Å². The first-order valence-electron chi connectivity index (χ1n) is 5.34. The lowest BCUT2D eigenvalue weighted by molar-refractivity contribution is 1.12. The molecular weight excluding hydrogens is 291 g/mol. The molecule has 0 bridgehead atoms. The van der Waals surface area contributed by atoms with Crippen molar-refractivity contribution in [3.8, 4) is 0 Å². The third-order valence-corrected chi connectivity index (χ3v) is 3.66. The molecule has 94 valence electrons. The summed E-state index contributed by atoms with van der Waals surface area (Å²) < 4.78 is 0. The van der Waals surface area contributed by atoms with E-state index in [0.29, 0.717) is 20.8 Å². The number of halogens is 3. The Morgan fingerprint density at radius 1 is 1.00 bits per heavy atom. The number of nitrogens with zero attached hydrogens (tertiary/aromatic N) is 1. The zero-order valence-electron chi connectivity index (χ0n) is 9.89. The number of benzene rings is 1. The molecule has 0 unspecified atom stereocenters. The van der Waals surface area contributed by atoms with Gasteiger partial charge in [-0.2, -0.15) is 0 Å². The maximum atomic E-state index is 6.22. The summed E-state index contributed by atoms with van der Waals surface area (Å²) in [6.07, 6.45) is 0. The minimum atomic E-state index is 0.519. The normalized spacial score (nSPS) is 10.5. The van der Waals surface area contributed by atoms with Crippen molar-refractivity contribution in [2.75, 3.05) is 5.32 Å². The van der Waals surface area contributed by atoms with Gasteiger partial charge in [0.15, 0.2) is 0 Å². The van der Waals surface area contributed by atoms with Crippen LogP contribution < -0.4 is 5.32 Å². The van der Waals surface area contributed by atoms with E-state index < -0.39 is 0 Å². The molecule has 0 aliphatic heterocycles. The molecule has 0 aliphatic rings. The number of hydrogen-bond acceptors (Lipinski definition) is 2. The van der Waals surface area contributed by atoms with E-state index in [-0.39, 0.29) is 0 Å². The Morgan fingerprint density at radius 2 is 1.61 bits per heavy atom. The molecule has 0 saturated carbocycles. The highest BCUT2D eigenvalue weighted by molar-refractivity contribution is 6.40. The monoisotopic (exact) mass is 300 g/mol. The lowest BCUT2D eigenvalue weighted by Gasteiger charge is -2.13. The second kappa shape index (κ2) is 5.35. The van der Waals surface area contributed by atoms with E-state index in [1.807, 2.05) is 26.0 Å².